The van der Waals surface area contributed by atoms with Crippen LogP contribution in [-0.4, -0.2) is 26.1 Å². The van der Waals surface area contributed by atoms with Crippen molar-refractivity contribution in [3.63, 3.8) is 0 Å². The number of carbonyl (C=O) groups excluding carboxylic acids is 1. The average Bonchev–Trinajstić information content (AvgIpc) is 2.60. The molecule has 0 radical (unpaired) electrons. The first-order valence-corrected chi connectivity index (χ1v) is 10.5. The van der Waals surface area contributed by atoms with Crippen molar-refractivity contribution in [1.29, 1.82) is 0 Å². The fourth-order valence-corrected chi connectivity index (χ4v) is 3.99. The molecule has 0 spiro atoms. The van der Waals surface area contributed by atoms with Gasteiger partial charge in [-0.25, -0.2) is 0 Å². The molecule has 0 amide bonds. The minimum absolute atomic E-state index is 0.196. The summed E-state index contributed by atoms with van der Waals surface area (Å²) < 4.78 is 0. The number of carbonyl (C=O) groups is 1. The van der Waals surface area contributed by atoms with E-state index < -0.39 is 8.07 Å². The van der Waals surface area contributed by atoms with Crippen LogP contribution in [-0.2, 0) is 4.79 Å². The van der Waals surface area contributed by atoms with Crippen molar-refractivity contribution in [2.75, 3.05) is 6.54 Å². The Hall–Kier alpha value is -0.703. The lowest BCUT2D eigenvalue weighted by Gasteiger charge is -2.25. The van der Waals surface area contributed by atoms with Gasteiger partial charge in [-0.15, -0.1) is 0 Å². The lowest BCUT2D eigenvalue weighted by Crippen LogP contribution is -2.33. The molecule has 0 bridgehead atoms. The molecule has 2 nitrogen and oxygen atoms in total. The average molecular weight is 265 g/mol. The Labute approximate surface area is 113 Å². The van der Waals surface area contributed by atoms with Gasteiger partial charge in [0.2, 0.25) is 0 Å². The molecule has 0 fully saturated rings. The van der Waals surface area contributed by atoms with Gasteiger partial charge in [0.15, 0.2) is 5.78 Å². The van der Waals surface area contributed by atoms with Crippen molar-refractivity contribution in [3.05, 3.63) is 12.2 Å². The molecule has 0 unspecified atom stereocenters. The molecule has 1 atom stereocenters. The van der Waals surface area contributed by atoms with Gasteiger partial charge in [0.05, 0.1) is 5.71 Å². The van der Waals surface area contributed by atoms with Crippen LogP contribution in [0.15, 0.2) is 17.1 Å². The van der Waals surface area contributed by atoms with E-state index in [0.717, 1.165) is 24.7 Å². The minimum atomic E-state index is -1.16. The zero-order valence-electron chi connectivity index (χ0n) is 12.8. The third kappa shape index (κ3) is 3.90. The highest BCUT2D eigenvalue weighted by atomic mass is 28.3. The Morgan fingerprint density at radius 3 is 2.39 bits per heavy atom. The minimum Gasteiger partial charge on any atom is -0.292 e. The van der Waals surface area contributed by atoms with E-state index in [2.05, 4.69) is 31.2 Å². The summed E-state index contributed by atoms with van der Waals surface area (Å²) in [6.07, 6.45) is 0.973. The van der Waals surface area contributed by atoms with Crippen LogP contribution in [0.5, 0.6) is 0 Å². The van der Waals surface area contributed by atoms with Gasteiger partial charge in [0.25, 0.3) is 0 Å². The number of Topliss-reactive ketones (excluding diaryl/α,β-unsaturated/α-hetero) is 1. The van der Waals surface area contributed by atoms with E-state index in [1.807, 2.05) is 20.8 Å². The standard InChI is InChI=1S/C15H27NOSi/c1-11(10-18(5,6)7)12-8-9-16-13(12)14(17)15(2,3)4/h12H,1,8-10H2,2-7H3/t12-/m0/s1. The summed E-state index contributed by atoms with van der Waals surface area (Å²) in [6.45, 7) is 18.0. The molecule has 0 aliphatic carbocycles. The van der Waals surface area contributed by atoms with Gasteiger partial charge < -0.3 is 0 Å². The van der Waals surface area contributed by atoms with E-state index in [4.69, 9.17) is 0 Å². The fourth-order valence-electron chi connectivity index (χ4n) is 2.38. The van der Waals surface area contributed by atoms with E-state index in [9.17, 15) is 4.79 Å². The lowest BCUT2D eigenvalue weighted by atomic mass is 9.82. The molecule has 0 aromatic carbocycles. The number of hydrogen-bond acceptors (Lipinski definition) is 2. The Morgan fingerprint density at radius 2 is 1.94 bits per heavy atom. The van der Waals surface area contributed by atoms with Crippen molar-refractivity contribution in [1.82, 2.24) is 0 Å². The zero-order chi connectivity index (χ0) is 14.1. The molecule has 0 saturated heterocycles. The molecule has 1 aliphatic heterocycles. The van der Waals surface area contributed by atoms with E-state index in [1.54, 1.807) is 0 Å². The van der Waals surface area contributed by atoms with E-state index >= 15 is 0 Å². The summed E-state index contributed by atoms with van der Waals surface area (Å²) in [5.41, 5.74) is 1.68. The Kier molecular flexibility index (Phi) is 4.37. The predicted octanol–water partition coefficient (Wildman–Crippen LogP) is 3.96. The smallest absolute Gasteiger partial charge is 0.182 e. The van der Waals surface area contributed by atoms with E-state index in [1.165, 1.54) is 5.57 Å². The van der Waals surface area contributed by atoms with E-state index in [-0.39, 0.29) is 17.1 Å². The summed E-state index contributed by atoms with van der Waals surface area (Å²) in [4.78, 5) is 16.8. The second-order valence-electron chi connectivity index (χ2n) is 7.58. The quantitative estimate of drug-likeness (QED) is 0.559. The Balaban J connectivity index is 2.83. The van der Waals surface area contributed by atoms with Crippen molar-refractivity contribution in [3.8, 4) is 0 Å². The second-order valence-corrected chi connectivity index (χ2v) is 13.1. The third-order valence-corrected chi connectivity index (χ3v) is 4.71. The predicted molar refractivity (Wildman–Crippen MR) is 82.2 cm³/mol. The topological polar surface area (TPSA) is 29.4 Å². The summed E-state index contributed by atoms with van der Waals surface area (Å²) in [5, 5.41) is 0. The van der Waals surface area contributed by atoms with Gasteiger partial charge in [-0.2, -0.15) is 0 Å². The maximum atomic E-state index is 12.4. The fraction of sp³-hybridized carbons (Fsp3) is 0.733. The van der Waals surface area contributed by atoms with Gasteiger partial charge in [0.1, 0.15) is 0 Å². The van der Waals surface area contributed by atoms with Gasteiger partial charge in [-0.1, -0.05) is 52.6 Å². The summed E-state index contributed by atoms with van der Waals surface area (Å²) in [5.74, 6) is 0.408. The van der Waals surface area contributed by atoms with Gasteiger partial charge in [-0.05, 0) is 12.5 Å². The van der Waals surface area contributed by atoms with Crippen LogP contribution in [0.3, 0.4) is 0 Å². The molecule has 1 aliphatic rings. The molecule has 0 N–H and O–H groups in total. The maximum absolute atomic E-state index is 12.4. The van der Waals surface area contributed by atoms with Gasteiger partial charge in [-0.3, -0.25) is 9.79 Å². The number of nitrogens with zero attached hydrogens (tertiary/aromatic N) is 1. The number of rotatable bonds is 4. The van der Waals surface area contributed by atoms with Crippen LogP contribution in [0.2, 0.25) is 25.7 Å². The van der Waals surface area contributed by atoms with Crippen LogP contribution < -0.4 is 0 Å². The van der Waals surface area contributed by atoms with Crippen LogP contribution in [0.1, 0.15) is 27.2 Å². The number of hydrogen-bond donors (Lipinski definition) is 0. The van der Waals surface area contributed by atoms with Crippen molar-refractivity contribution in [2.45, 2.75) is 52.9 Å². The molecule has 18 heavy (non-hydrogen) atoms. The van der Waals surface area contributed by atoms with Gasteiger partial charge in [0, 0.05) is 26.0 Å². The van der Waals surface area contributed by atoms with Crippen molar-refractivity contribution in [2.24, 2.45) is 16.3 Å². The molecule has 1 heterocycles. The number of ketones is 1. The monoisotopic (exact) mass is 265 g/mol. The molecule has 102 valence electrons. The molecular weight excluding hydrogens is 238 g/mol. The highest BCUT2D eigenvalue weighted by Gasteiger charge is 2.35. The second kappa shape index (κ2) is 5.12. The normalized spacial score (nSPS) is 20.8. The number of aliphatic imine (C=N–C) groups is 1. The lowest BCUT2D eigenvalue weighted by molar-refractivity contribution is -0.119. The molecule has 0 saturated carbocycles. The van der Waals surface area contributed by atoms with Gasteiger partial charge >= 0.3 is 0 Å². The third-order valence-electron chi connectivity index (χ3n) is 3.19. The highest BCUT2D eigenvalue weighted by Crippen LogP contribution is 2.31. The van der Waals surface area contributed by atoms with Crippen LogP contribution >= 0.6 is 0 Å². The van der Waals surface area contributed by atoms with Crippen LogP contribution in [0.4, 0.5) is 0 Å². The molecular formula is C15H27NOSi. The summed E-state index contributed by atoms with van der Waals surface area (Å²) in [7, 11) is -1.16. The largest absolute Gasteiger partial charge is 0.292 e. The first-order chi connectivity index (χ1) is 8.02. The molecule has 3 heteroatoms. The molecule has 1 rings (SSSR count). The Bertz CT molecular complexity index is 382. The zero-order valence-corrected chi connectivity index (χ0v) is 13.8. The van der Waals surface area contributed by atoms with Crippen LogP contribution in [0, 0.1) is 11.3 Å². The van der Waals surface area contributed by atoms with Crippen molar-refractivity contribution < 1.29 is 4.79 Å². The molecule has 0 aromatic rings. The molecule has 0 aromatic heterocycles. The first kappa shape index (κ1) is 15.4. The highest BCUT2D eigenvalue weighted by molar-refractivity contribution is 6.76. The van der Waals surface area contributed by atoms with Crippen LogP contribution in [0.25, 0.3) is 0 Å². The van der Waals surface area contributed by atoms with E-state index in [0.29, 0.717) is 0 Å². The maximum Gasteiger partial charge on any atom is 0.182 e. The SMILES string of the molecule is C=C(C[Si](C)(C)C)[C@@H]1CCN=C1C(=O)C(C)(C)C. The first-order valence-electron chi connectivity index (χ1n) is 6.79. The number of allylic oxidation sites excluding steroid dienone is 1. The van der Waals surface area contributed by atoms with Crippen molar-refractivity contribution >= 4 is 19.6 Å². The summed E-state index contributed by atoms with van der Waals surface area (Å²) >= 11 is 0. The summed E-state index contributed by atoms with van der Waals surface area (Å²) in [6, 6.07) is 1.09. The Morgan fingerprint density at radius 1 is 1.39 bits per heavy atom.